The fourth-order valence-corrected chi connectivity index (χ4v) is 11.6. The van der Waals surface area contributed by atoms with Gasteiger partial charge in [0, 0.05) is 38.1 Å². The number of fused-ring (bicyclic) bond motifs is 14. The fraction of sp³-hybridized carbons (Fsp3) is 0.0333. The van der Waals surface area contributed by atoms with E-state index in [4.69, 9.17) is 0 Å². The Bertz CT molecular complexity index is 3730. The maximum atomic E-state index is 9.82. The monoisotopic (exact) mass is 809 g/mol. The molecule has 0 N–H and O–H groups in total. The molecule has 1 heterocycles. The molecule has 13 rings (SSSR count). The second-order valence-corrected chi connectivity index (χ2v) is 17.5. The van der Waals surface area contributed by atoms with Crippen molar-refractivity contribution in [3.8, 4) is 44.5 Å². The van der Waals surface area contributed by atoms with Crippen molar-refractivity contribution in [2.24, 2.45) is 0 Å². The first-order valence-electron chi connectivity index (χ1n) is 23.2. The minimum Gasteiger partial charge on any atom is -0.337 e. The van der Waals surface area contributed by atoms with Crippen LogP contribution >= 0.6 is 11.3 Å². The first-order chi connectivity index (χ1) is 32.4. The van der Waals surface area contributed by atoms with Crippen LogP contribution in [-0.2, 0) is 12.0 Å². The molecule has 1 nitrogen and oxygen atoms in total. The average molecular weight is 810 g/mol. The van der Waals surface area contributed by atoms with E-state index in [0.717, 1.165) is 33.2 Å². The third kappa shape index (κ3) is 5.20. The summed E-state index contributed by atoms with van der Waals surface area (Å²) in [6.07, 6.45) is 0. The summed E-state index contributed by atoms with van der Waals surface area (Å²) in [5, 5.41) is 4.31. The van der Waals surface area contributed by atoms with Crippen LogP contribution < -0.4 is 4.90 Å². The summed E-state index contributed by atoms with van der Waals surface area (Å²) in [4.78, 5) is 2.00. The smallest absolute Gasteiger partial charge is 0.0725 e. The quantitative estimate of drug-likeness (QED) is 0.162. The first kappa shape index (κ1) is 31.4. The number of thiophene rings is 1. The maximum absolute atomic E-state index is 9.82. The number of anilines is 2. The lowest BCUT2D eigenvalue weighted by molar-refractivity contribution is 0.790. The molecule has 0 amide bonds. The zero-order chi connectivity index (χ0) is 44.3. The Labute approximate surface area is 371 Å². The third-order valence-corrected chi connectivity index (χ3v) is 14.4. The molecule has 2 heteroatoms. The SMILES string of the molecule is [2H]c1c([2H])c(N(Cc2ccc3c(c2)C2(c4ccccc4-c4ccccc42)c2ccccc2-3)c2cccc(-c3ccc4sc5ccccc5c4c3)c2)c([2H])c([2H])c1-c1cccc2ccccc12. The molecule has 0 fully saturated rings. The molecule has 0 bridgehead atoms. The van der Waals surface area contributed by atoms with E-state index in [1.165, 1.54) is 64.7 Å². The highest BCUT2D eigenvalue weighted by atomic mass is 32.1. The molecule has 1 spiro atoms. The van der Waals surface area contributed by atoms with E-state index in [2.05, 4.69) is 146 Å². The van der Waals surface area contributed by atoms with Crippen LogP contribution in [0.4, 0.5) is 11.4 Å². The van der Waals surface area contributed by atoms with E-state index in [0.29, 0.717) is 17.7 Å². The van der Waals surface area contributed by atoms with Crippen LogP contribution in [0, 0.1) is 0 Å². The largest absolute Gasteiger partial charge is 0.337 e. The van der Waals surface area contributed by atoms with Crippen LogP contribution in [0.15, 0.2) is 224 Å². The first-order valence-corrected chi connectivity index (χ1v) is 22.0. The molecule has 62 heavy (non-hydrogen) atoms. The van der Waals surface area contributed by atoms with Gasteiger partial charge in [0.25, 0.3) is 0 Å². The predicted octanol–water partition coefficient (Wildman–Crippen LogP) is 16.2. The van der Waals surface area contributed by atoms with Crippen molar-refractivity contribution in [3.05, 3.63) is 252 Å². The van der Waals surface area contributed by atoms with E-state index in [9.17, 15) is 5.48 Å². The van der Waals surface area contributed by atoms with Gasteiger partial charge in [-0.05, 0) is 126 Å². The Morgan fingerprint density at radius 1 is 0.387 bits per heavy atom. The summed E-state index contributed by atoms with van der Waals surface area (Å²) in [6.45, 7) is 0.297. The van der Waals surface area contributed by atoms with Gasteiger partial charge in [0.1, 0.15) is 0 Å². The molecule has 10 aromatic carbocycles. The molecule has 0 radical (unpaired) electrons. The van der Waals surface area contributed by atoms with Crippen molar-refractivity contribution in [2.75, 3.05) is 4.90 Å². The van der Waals surface area contributed by atoms with Gasteiger partial charge in [-0.1, -0.05) is 182 Å². The predicted molar refractivity (Wildman–Crippen MR) is 263 cm³/mol. The molecule has 0 unspecified atom stereocenters. The van der Waals surface area contributed by atoms with Gasteiger partial charge in [-0.15, -0.1) is 11.3 Å². The van der Waals surface area contributed by atoms with Crippen molar-refractivity contribution < 1.29 is 5.48 Å². The third-order valence-electron chi connectivity index (χ3n) is 13.2. The number of hydrogen-bond acceptors (Lipinski definition) is 2. The topological polar surface area (TPSA) is 3.24 Å². The van der Waals surface area contributed by atoms with E-state index in [1.807, 2.05) is 59.5 Å². The Balaban J connectivity index is 1.01. The van der Waals surface area contributed by atoms with Gasteiger partial charge < -0.3 is 4.90 Å². The minimum atomic E-state index is -0.533. The number of hydrogen-bond donors (Lipinski definition) is 0. The van der Waals surface area contributed by atoms with Gasteiger partial charge in [0.15, 0.2) is 0 Å². The Kier molecular flexibility index (Phi) is 6.96. The zero-order valence-electron chi connectivity index (χ0n) is 37.6. The lowest BCUT2D eigenvalue weighted by Crippen LogP contribution is -2.26. The molecule has 2 aliphatic carbocycles. The Morgan fingerprint density at radius 3 is 1.73 bits per heavy atom. The van der Waals surface area contributed by atoms with Gasteiger partial charge in [-0.25, -0.2) is 0 Å². The highest BCUT2D eigenvalue weighted by Crippen LogP contribution is 2.62. The molecular weight excluding hydrogens is 767 g/mol. The Hall–Kier alpha value is -7.52. The van der Waals surface area contributed by atoms with E-state index in [1.54, 1.807) is 11.3 Å². The van der Waals surface area contributed by atoms with E-state index in [-0.39, 0.29) is 29.9 Å². The fourth-order valence-electron chi connectivity index (χ4n) is 10.5. The van der Waals surface area contributed by atoms with Crippen LogP contribution in [0.1, 0.15) is 33.3 Å². The number of rotatable bonds is 6. The Morgan fingerprint density at radius 2 is 0.968 bits per heavy atom. The van der Waals surface area contributed by atoms with E-state index < -0.39 is 5.41 Å². The summed E-state index contributed by atoms with van der Waals surface area (Å²) in [5.41, 5.74) is 14.4. The summed E-state index contributed by atoms with van der Waals surface area (Å²) in [6, 6.07) is 70.1. The van der Waals surface area contributed by atoms with E-state index >= 15 is 0 Å². The molecule has 0 saturated heterocycles. The molecule has 0 aliphatic heterocycles. The van der Waals surface area contributed by atoms with Crippen LogP contribution in [0.2, 0.25) is 0 Å². The number of nitrogens with zero attached hydrogens (tertiary/aromatic N) is 1. The second-order valence-electron chi connectivity index (χ2n) is 16.5. The van der Waals surface area contributed by atoms with Crippen molar-refractivity contribution in [3.63, 3.8) is 0 Å². The normalized spacial score (nSPS) is 13.9. The zero-order valence-corrected chi connectivity index (χ0v) is 34.4. The summed E-state index contributed by atoms with van der Waals surface area (Å²) < 4.78 is 41.4. The summed E-state index contributed by atoms with van der Waals surface area (Å²) in [5.74, 6) is 0. The average Bonchev–Trinajstić information content (AvgIpc) is 3.99. The molecular formula is C60H39NS. The van der Waals surface area contributed by atoms with Crippen LogP contribution in [0.25, 0.3) is 75.5 Å². The van der Waals surface area contributed by atoms with Gasteiger partial charge >= 0.3 is 0 Å². The molecule has 0 atom stereocenters. The molecule has 0 saturated carbocycles. The van der Waals surface area contributed by atoms with Gasteiger partial charge in [0.05, 0.1) is 10.9 Å². The van der Waals surface area contributed by atoms with Crippen molar-refractivity contribution in [1.29, 1.82) is 0 Å². The lowest BCUT2D eigenvalue weighted by Gasteiger charge is -2.31. The van der Waals surface area contributed by atoms with Crippen LogP contribution in [0.3, 0.4) is 0 Å². The van der Waals surface area contributed by atoms with Crippen molar-refractivity contribution in [2.45, 2.75) is 12.0 Å². The highest BCUT2D eigenvalue weighted by molar-refractivity contribution is 7.25. The standard InChI is InChI=1S/C60H39NS/c1-2-17-46-40(13-1)14-12-22-47(46)41-28-31-44(32-29-41)61(45-16-11-15-42(36-45)43-30-34-59-53(37-43)52-21-6-10-26-58(52)62-59)38-39-27-33-51-50-20-5-9-25-56(50)60(57(51)35-39)54-23-7-3-18-48(54)49-19-4-8-24-55(49)60/h1-37H,38H2/i28D,29D,31D,32D. The van der Waals surface area contributed by atoms with Crippen molar-refractivity contribution >= 4 is 53.7 Å². The maximum Gasteiger partial charge on any atom is 0.0725 e. The van der Waals surface area contributed by atoms with Gasteiger partial charge in [-0.2, -0.15) is 0 Å². The molecule has 2 aliphatic rings. The molecule has 1 aromatic heterocycles. The summed E-state index contributed by atoms with van der Waals surface area (Å²) in [7, 11) is 0. The number of benzene rings is 10. The highest BCUT2D eigenvalue weighted by Gasteiger charge is 2.51. The minimum absolute atomic E-state index is 0.0687. The summed E-state index contributed by atoms with van der Waals surface area (Å²) >= 11 is 1.80. The van der Waals surface area contributed by atoms with Crippen molar-refractivity contribution in [1.82, 2.24) is 0 Å². The molecule has 11 aromatic rings. The lowest BCUT2D eigenvalue weighted by atomic mass is 9.70. The van der Waals surface area contributed by atoms with Gasteiger partial charge in [-0.3, -0.25) is 0 Å². The van der Waals surface area contributed by atoms with Gasteiger partial charge in [0.2, 0.25) is 0 Å². The van der Waals surface area contributed by atoms with Crippen LogP contribution in [-0.4, -0.2) is 0 Å². The van der Waals surface area contributed by atoms with Crippen LogP contribution in [0.5, 0.6) is 0 Å². The molecule has 290 valence electrons. The second kappa shape index (κ2) is 13.8.